The average Bonchev–Trinajstić information content (AvgIpc) is 3.12. The number of carbonyl (C=O) groups is 1. The zero-order valence-corrected chi connectivity index (χ0v) is 15.0. The number of urea groups is 1. The molecule has 0 fully saturated rings. The zero-order valence-electron chi connectivity index (χ0n) is 15.0. The van der Waals surface area contributed by atoms with Gasteiger partial charge in [0.2, 0.25) is 0 Å². The number of aromatic nitrogens is 3. The summed E-state index contributed by atoms with van der Waals surface area (Å²) in [6.45, 7) is 4.71. The Morgan fingerprint density at radius 3 is 2.42 bits per heavy atom. The van der Waals surface area contributed by atoms with Gasteiger partial charge in [-0.25, -0.2) is 14.5 Å². The lowest BCUT2D eigenvalue weighted by Crippen LogP contribution is -2.44. The molecule has 2 atom stereocenters. The third kappa shape index (κ3) is 4.32. The topological polar surface area (TPSA) is 66.3 Å². The number of carbonyl (C=O) groups excluding carboxylic acids is 1. The van der Waals surface area contributed by atoms with E-state index in [1.807, 2.05) is 52.3 Å². The van der Waals surface area contributed by atoms with Gasteiger partial charge in [-0.2, -0.15) is 5.10 Å². The summed E-state index contributed by atoms with van der Waals surface area (Å²) >= 11 is 0. The lowest BCUT2D eigenvalue weighted by molar-refractivity contribution is 0.190. The Hall–Kier alpha value is -2.41. The standard InChI is InChI=1S/C17H26N6O/c1-13(21(3)4)10-19-17(24)22(5)14(2)15-6-8-16(9-7-15)23-12-18-11-20-23/h6-9,11-14H,10H2,1-5H3,(H,19,24)/t13-,14+/m1/s1. The molecule has 7 nitrogen and oxygen atoms in total. The Labute approximate surface area is 143 Å². The van der Waals surface area contributed by atoms with Crippen molar-refractivity contribution in [2.45, 2.75) is 25.9 Å². The summed E-state index contributed by atoms with van der Waals surface area (Å²) < 4.78 is 1.70. The van der Waals surface area contributed by atoms with Crippen LogP contribution in [0.25, 0.3) is 5.69 Å². The summed E-state index contributed by atoms with van der Waals surface area (Å²) in [6.07, 6.45) is 3.16. The molecule has 1 aromatic carbocycles. The molecule has 130 valence electrons. The molecule has 0 saturated heterocycles. The number of nitrogens with zero attached hydrogens (tertiary/aromatic N) is 5. The molecule has 24 heavy (non-hydrogen) atoms. The minimum Gasteiger partial charge on any atom is -0.336 e. The van der Waals surface area contributed by atoms with Crippen LogP contribution in [0.5, 0.6) is 0 Å². The van der Waals surface area contributed by atoms with Crippen molar-refractivity contribution in [2.75, 3.05) is 27.7 Å². The average molecular weight is 330 g/mol. The largest absolute Gasteiger partial charge is 0.336 e. The van der Waals surface area contributed by atoms with E-state index in [0.717, 1.165) is 11.3 Å². The Morgan fingerprint density at radius 1 is 1.21 bits per heavy atom. The van der Waals surface area contributed by atoms with Gasteiger partial charge in [-0.15, -0.1) is 0 Å². The summed E-state index contributed by atoms with van der Waals surface area (Å²) in [5.41, 5.74) is 2.01. The van der Waals surface area contributed by atoms with Crippen molar-refractivity contribution in [3.8, 4) is 5.69 Å². The molecule has 0 radical (unpaired) electrons. The molecule has 0 bridgehead atoms. The number of hydrogen-bond acceptors (Lipinski definition) is 4. The van der Waals surface area contributed by atoms with E-state index in [1.54, 1.807) is 15.9 Å². The van der Waals surface area contributed by atoms with Gasteiger partial charge < -0.3 is 15.1 Å². The molecule has 1 aromatic heterocycles. The highest BCUT2D eigenvalue weighted by Gasteiger charge is 2.18. The molecule has 1 N–H and O–H groups in total. The first-order chi connectivity index (χ1) is 11.4. The molecule has 0 saturated carbocycles. The summed E-state index contributed by atoms with van der Waals surface area (Å²) in [4.78, 5) is 20.0. The van der Waals surface area contributed by atoms with Crippen LogP contribution in [0, 0.1) is 0 Å². The van der Waals surface area contributed by atoms with E-state index in [0.29, 0.717) is 12.6 Å². The number of rotatable bonds is 6. The van der Waals surface area contributed by atoms with Crippen LogP contribution in [0.4, 0.5) is 4.79 Å². The van der Waals surface area contributed by atoms with E-state index in [1.165, 1.54) is 6.33 Å². The Morgan fingerprint density at radius 2 is 1.88 bits per heavy atom. The monoisotopic (exact) mass is 330 g/mol. The molecule has 7 heteroatoms. The van der Waals surface area contributed by atoms with Crippen LogP contribution in [-0.4, -0.2) is 64.3 Å². The van der Waals surface area contributed by atoms with Crippen LogP contribution >= 0.6 is 0 Å². The Kier molecular flexibility index (Phi) is 5.92. The number of amides is 2. The van der Waals surface area contributed by atoms with Gasteiger partial charge in [-0.1, -0.05) is 12.1 Å². The lowest BCUT2D eigenvalue weighted by atomic mass is 10.1. The van der Waals surface area contributed by atoms with E-state index in [2.05, 4.69) is 27.2 Å². The molecule has 1 heterocycles. The van der Waals surface area contributed by atoms with Crippen molar-refractivity contribution in [3.63, 3.8) is 0 Å². The molecule has 2 rings (SSSR count). The second-order valence-electron chi connectivity index (χ2n) is 6.22. The minimum absolute atomic E-state index is 0.0236. The molecule has 2 amide bonds. The maximum atomic E-state index is 12.3. The number of nitrogens with one attached hydrogen (secondary N) is 1. The summed E-state index contributed by atoms with van der Waals surface area (Å²) in [5, 5.41) is 7.08. The van der Waals surface area contributed by atoms with Gasteiger partial charge in [0.15, 0.2) is 0 Å². The molecular formula is C17H26N6O. The van der Waals surface area contributed by atoms with Crippen molar-refractivity contribution in [3.05, 3.63) is 42.5 Å². The summed E-state index contributed by atoms with van der Waals surface area (Å²) in [5.74, 6) is 0. The van der Waals surface area contributed by atoms with Crippen molar-refractivity contribution < 1.29 is 4.79 Å². The fourth-order valence-corrected chi connectivity index (χ4v) is 2.19. The van der Waals surface area contributed by atoms with Crippen LogP contribution in [0.15, 0.2) is 36.9 Å². The number of likely N-dealkylation sites (N-methyl/N-ethyl adjacent to an activating group) is 1. The van der Waals surface area contributed by atoms with E-state index in [-0.39, 0.29) is 12.1 Å². The first-order valence-corrected chi connectivity index (χ1v) is 8.02. The molecular weight excluding hydrogens is 304 g/mol. The van der Waals surface area contributed by atoms with Gasteiger partial charge in [-0.3, -0.25) is 0 Å². The highest BCUT2D eigenvalue weighted by Crippen LogP contribution is 2.20. The van der Waals surface area contributed by atoms with Gasteiger partial charge in [-0.05, 0) is 45.6 Å². The quantitative estimate of drug-likeness (QED) is 0.879. The third-order valence-corrected chi connectivity index (χ3v) is 4.39. The molecule has 0 aliphatic rings. The SMILES string of the molecule is C[C@H](CNC(=O)N(C)[C@@H](C)c1ccc(-n2cncn2)cc1)N(C)C. The maximum Gasteiger partial charge on any atom is 0.317 e. The lowest BCUT2D eigenvalue weighted by Gasteiger charge is -2.27. The maximum absolute atomic E-state index is 12.3. The number of hydrogen-bond donors (Lipinski definition) is 1. The highest BCUT2D eigenvalue weighted by molar-refractivity contribution is 5.74. The van der Waals surface area contributed by atoms with Crippen molar-refractivity contribution in [2.24, 2.45) is 0 Å². The van der Waals surface area contributed by atoms with E-state index in [4.69, 9.17) is 0 Å². The summed E-state index contributed by atoms with van der Waals surface area (Å²) in [7, 11) is 5.81. The third-order valence-electron chi connectivity index (χ3n) is 4.39. The number of benzene rings is 1. The predicted molar refractivity (Wildman–Crippen MR) is 94.1 cm³/mol. The van der Waals surface area contributed by atoms with Gasteiger partial charge in [0, 0.05) is 19.6 Å². The second kappa shape index (κ2) is 7.92. The van der Waals surface area contributed by atoms with Gasteiger partial charge in [0.05, 0.1) is 11.7 Å². The van der Waals surface area contributed by atoms with Crippen molar-refractivity contribution >= 4 is 6.03 Å². The smallest absolute Gasteiger partial charge is 0.317 e. The van der Waals surface area contributed by atoms with E-state index in [9.17, 15) is 4.79 Å². The van der Waals surface area contributed by atoms with Crippen LogP contribution in [0.2, 0.25) is 0 Å². The zero-order chi connectivity index (χ0) is 17.7. The summed E-state index contributed by atoms with van der Waals surface area (Å²) in [6, 6.07) is 8.16. The molecule has 0 aliphatic carbocycles. The van der Waals surface area contributed by atoms with Crippen molar-refractivity contribution in [1.29, 1.82) is 0 Å². The van der Waals surface area contributed by atoms with Crippen LogP contribution in [0.3, 0.4) is 0 Å². The second-order valence-corrected chi connectivity index (χ2v) is 6.22. The van der Waals surface area contributed by atoms with Crippen LogP contribution in [-0.2, 0) is 0 Å². The molecule has 0 spiro atoms. The molecule has 2 aromatic rings. The van der Waals surface area contributed by atoms with Crippen molar-refractivity contribution in [1.82, 2.24) is 29.9 Å². The van der Waals surface area contributed by atoms with Crippen LogP contribution < -0.4 is 5.32 Å². The fourth-order valence-electron chi connectivity index (χ4n) is 2.19. The minimum atomic E-state index is -0.0726. The Bertz CT molecular complexity index is 638. The van der Waals surface area contributed by atoms with E-state index >= 15 is 0 Å². The molecule has 0 unspecified atom stereocenters. The van der Waals surface area contributed by atoms with Crippen LogP contribution in [0.1, 0.15) is 25.5 Å². The Balaban J connectivity index is 1.97. The van der Waals surface area contributed by atoms with Gasteiger partial charge in [0.1, 0.15) is 12.7 Å². The first-order valence-electron chi connectivity index (χ1n) is 8.02. The van der Waals surface area contributed by atoms with Gasteiger partial charge >= 0.3 is 6.03 Å². The highest BCUT2D eigenvalue weighted by atomic mass is 16.2. The normalized spacial score (nSPS) is 13.6. The first kappa shape index (κ1) is 17.9. The van der Waals surface area contributed by atoms with E-state index < -0.39 is 0 Å². The van der Waals surface area contributed by atoms with Gasteiger partial charge in [0.25, 0.3) is 0 Å². The molecule has 0 aliphatic heterocycles. The predicted octanol–water partition coefficient (Wildman–Crippen LogP) is 1.92. The fraction of sp³-hybridized carbons (Fsp3) is 0.471.